The molecular formula is C14H18FNO3S2. The Balaban J connectivity index is 2.50. The summed E-state index contributed by atoms with van der Waals surface area (Å²) >= 11 is 1.58. The van der Waals surface area contributed by atoms with E-state index in [4.69, 9.17) is 0 Å². The van der Waals surface area contributed by atoms with E-state index in [0.717, 1.165) is 5.75 Å². The number of ketones is 1. The molecular weight excluding hydrogens is 313 g/mol. The zero-order valence-electron chi connectivity index (χ0n) is 12.0. The summed E-state index contributed by atoms with van der Waals surface area (Å²) in [4.78, 5) is 13.5. The van der Waals surface area contributed by atoms with Crippen LogP contribution < -0.4 is 4.90 Å². The van der Waals surface area contributed by atoms with Gasteiger partial charge in [0.25, 0.3) is 0 Å². The van der Waals surface area contributed by atoms with Crippen LogP contribution in [0.2, 0.25) is 0 Å². The molecule has 1 saturated heterocycles. The molecule has 21 heavy (non-hydrogen) atoms. The predicted molar refractivity (Wildman–Crippen MR) is 84.3 cm³/mol. The monoisotopic (exact) mass is 331 g/mol. The summed E-state index contributed by atoms with van der Waals surface area (Å²) in [6, 6.07) is 3.94. The number of hydrogen-bond acceptors (Lipinski definition) is 5. The van der Waals surface area contributed by atoms with Crippen LogP contribution in [0.5, 0.6) is 0 Å². The minimum absolute atomic E-state index is 0.0470. The SMILES string of the molecule is CCS(=O)(=O)C1CSCCN1c1ccc(F)cc1C(C)=O. The second-order valence-corrected chi connectivity index (χ2v) is 8.49. The number of carbonyl (C=O) groups excluding carboxylic acids is 1. The quantitative estimate of drug-likeness (QED) is 0.793. The Bertz CT molecular complexity index is 646. The lowest BCUT2D eigenvalue weighted by Crippen LogP contribution is -2.48. The van der Waals surface area contributed by atoms with Crippen molar-refractivity contribution < 1.29 is 17.6 Å². The summed E-state index contributed by atoms with van der Waals surface area (Å²) in [5, 5.41) is -0.662. The molecule has 0 amide bonds. The smallest absolute Gasteiger partial charge is 0.171 e. The van der Waals surface area contributed by atoms with Gasteiger partial charge in [-0.2, -0.15) is 11.8 Å². The first-order chi connectivity index (χ1) is 9.86. The third kappa shape index (κ3) is 3.40. The minimum atomic E-state index is -3.27. The molecule has 1 aliphatic rings. The molecule has 0 radical (unpaired) electrons. The molecule has 1 aromatic carbocycles. The Kier molecular flexibility index (Phi) is 4.93. The fourth-order valence-corrected chi connectivity index (χ4v) is 5.37. The number of halogens is 1. The van der Waals surface area contributed by atoms with Gasteiger partial charge in [-0.25, -0.2) is 12.8 Å². The summed E-state index contributed by atoms with van der Waals surface area (Å²) < 4.78 is 37.9. The molecule has 1 fully saturated rings. The van der Waals surface area contributed by atoms with Crippen molar-refractivity contribution in [3.05, 3.63) is 29.6 Å². The van der Waals surface area contributed by atoms with E-state index >= 15 is 0 Å². The fourth-order valence-electron chi connectivity index (χ4n) is 2.39. The fraction of sp³-hybridized carbons (Fsp3) is 0.500. The molecule has 2 rings (SSSR count). The van der Waals surface area contributed by atoms with E-state index < -0.39 is 21.0 Å². The van der Waals surface area contributed by atoms with Crippen LogP contribution in [-0.4, -0.2) is 43.4 Å². The molecule has 1 atom stereocenters. The summed E-state index contributed by atoms with van der Waals surface area (Å²) in [5.41, 5.74) is 0.740. The zero-order chi connectivity index (χ0) is 15.6. The molecule has 4 nitrogen and oxygen atoms in total. The summed E-state index contributed by atoms with van der Waals surface area (Å²) in [6.45, 7) is 3.50. The molecule has 0 spiro atoms. The second kappa shape index (κ2) is 6.36. The highest BCUT2D eigenvalue weighted by atomic mass is 32.2. The van der Waals surface area contributed by atoms with Crippen molar-refractivity contribution in [1.82, 2.24) is 0 Å². The highest BCUT2D eigenvalue weighted by molar-refractivity contribution is 8.01. The Morgan fingerprint density at radius 1 is 1.48 bits per heavy atom. The van der Waals surface area contributed by atoms with Crippen LogP contribution in [-0.2, 0) is 9.84 Å². The molecule has 1 heterocycles. The second-order valence-electron chi connectivity index (χ2n) is 4.89. The number of nitrogens with zero attached hydrogens (tertiary/aromatic N) is 1. The number of anilines is 1. The maximum absolute atomic E-state index is 13.4. The molecule has 0 bridgehead atoms. The average molecular weight is 331 g/mol. The van der Waals surface area contributed by atoms with Crippen molar-refractivity contribution in [2.75, 3.05) is 28.7 Å². The van der Waals surface area contributed by atoms with E-state index in [2.05, 4.69) is 0 Å². The van der Waals surface area contributed by atoms with Crippen LogP contribution >= 0.6 is 11.8 Å². The maximum Gasteiger partial charge on any atom is 0.171 e. The van der Waals surface area contributed by atoms with Gasteiger partial charge in [-0.3, -0.25) is 4.79 Å². The number of thioether (sulfide) groups is 1. The van der Waals surface area contributed by atoms with Gasteiger partial charge in [-0.05, 0) is 25.1 Å². The number of hydrogen-bond donors (Lipinski definition) is 0. The molecule has 0 saturated carbocycles. The third-order valence-corrected chi connectivity index (χ3v) is 6.84. The van der Waals surface area contributed by atoms with E-state index in [1.54, 1.807) is 23.6 Å². The maximum atomic E-state index is 13.4. The summed E-state index contributed by atoms with van der Waals surface area (Å²) in [7, 11) is -3.27. The van der Waals surface area contributed by atoms with Crippen molar-refractivity contribution in [2.45, 2.75) is 19.2 Å². The van der Waals surface area contributed by atoms with Gasteiger partial charge in [0.2, 0.25) is 0 Å². The first-order valence-corrected chi connectivity index (χ1v) is 9.60. The van der Waals surface area contributed by atoms with Gasteiger partial charge in [0.1, 0.15) is 11.2 Å². The van der Waals surface area contributed by atoms with Crippen LogP contribution in [0.3, 0.4) is 0 Å². The number of Topliss-reactive ketones (excluding diaryl/α,β-unsaturated/α-hetero) is 1. The lowest BCUT2D eigenvalue weighted by molar-refractivity contribution is 0.101. The van der Waals surface area contributed by atoms with Gasteiger partial charge in [0.05, 0.1) is 0 Å². The zero-order valence-corrected chi connectivity index (χ0v) is 13.6. The van der Waals surface area contributed by atoms with Gasteiger partial charge < -0.3 is 4.90 Å². The standard InChI is InChI=1S/C14H18FNO3S2/c1-3-21(18,19)14-9-20-7-6-16(14)13-5-4-11(15)8-12(13)10(2)17/h4-5,8,14H,3,6-7,9H2,1-2H3. The van der Waals surface area contributed by atoms with Crippen molar-refractivity contribution in [2.24, 2.45) is 0 Å². The lowest BCUT2D eigenvalue weighted by Gasteiger charge is -2.37. The third-order valence-electron chi connectivity index (χ3n) is 3.55. The molecule has 0 aliphatic carbocycles. The van der Waals surface area contributed by atoms with Crippen molar-refractivity contribution in [3.63, 3.8) is 0 Å². The highest BCUT2D eigenvalue weighted by Crippen LogP contribution is 2.30. The Morgan fingerprint density at radius 3 is 2.81 bits per heavy atom. The van der Waals surface area contributed by atoms with E-state index in [9.17, 15) is 17.6 Å². The topological polar surface area (TPSA) is 54.5 Å². The largest absolute Gasteiger partial charge is 0.353 e. The Morgan fingerprint density at radius 2 is 2.19 bits per heavy atom. The number of sulfone groups is 1. The Hall–Kier alpha value is -1.08. The molecule has 7 heteroatoms. The normalized spacial score (nSPS) is 19.6. The van der Waals surface area contributed by atoms with Crippen molar-refractivity contribution >= 4 is 33.1 Å². The first-order valence-electron chi connectivity index (χ1n) is 6.73. The molecule has 116 valence electrons. The molecule has 1 aliphatic heterocycles. The van der Waals surface area contributed by atoms with E-state index in [-0.39, 0.29) is 17.1 Å². The number of rotatable bonds is 4. The van der Waals surface area contributed by atoms with Gasteiger partial charge in [0, 0.05) is 35.1 Å². The van der Waals surface area contributed by atoms with Gasteiger partial charge >= 0.3 is 0 Å². The van der Waals surface area contributed by atoms with E-state index in [0.29, 0.717) is 18.0 Å². The number of benzene rings is 1. The van der Waals surface area contributed by atoms with Crippen LogP contribution in [0.15, 0.2) is 18.2 Å². The van der Waals surface area contributed by atoms with Crippen LogP contribution in [0.25, 0.3) is 0 Å². The summed E-state index contributed by atoms with van der Waals surface area (Å²) in [5.74, 6) is 0.529. The molecule has 0 aromatic heterocycles. The number of carbonyl (C=O) groups is 1. The van der Waals surface area contributed by atoms with E-state index in [1.807, 2.05) is 0 Å². The van der Waals surface area contributed by atoms with E-state index in [1.165, 1.54) is 25.1 Å². The average Bonchev–Trinajstić information content (AvgIpc) is 2.47. The van der Waals surface area contributed by atoms with Crippen LogP contribution in [0.1, 0.15) is 24.2 Å². The van der Waals surface area contributed by atoms with Gasteiger partial charge in [-0.15, -0.1) is 0 Å². The van der Waals surface area contributed by atoms with Gasteiger partial charge in [-0.1, -0.05) is 6.92 Å². The van der Waals surface area contributed by atoms with Crippen LogP contribution in [0, 0.1) is 5.82 Å². The minimum Gasteiger partial charge on any atom is -0.353 e. The predicted octanol–water partition coefficient (Wildman–Crippen LogP) is 2.34. The Labute approximate surface area is 128 Å². The molecule has 0 N–H and O–H groups in total. The lowest BCUT2D eigenvalue weighted by atomic mass is 10.1. The molecule has 1 aromatic rings. The van der Waals surface area contributed by atoms with Crippen molar-refractivity contribution in [3.8, 4) is 0 Å². The molecule has 1 unspecified atom stereocenters. The highest BCUT2D eigenvalue weighted by Gasteiger charge is 2.34. The summed E-state index contributed by atoms with van der Waals surface area (Å²) in [6.07, 6.45) is 0. The first kappa shape index (κ1) is 16.3. The van der Waals surface area contributed by atoms with Crippen molar-refractivity contribution in [1.29, 1.82) is 0 Å². The van der Waals surface area contributed by atoms with Crippen LogP contribution in [0.4, 0.5) is 10.1 Å². The van der Waals surface area contributed by atoms with Gasteiger partial charge in [0.15, 0.2) is 15.6 Å².